The number of aliphatic hydroxyl groups excluding tert-OH is 1. The van der Waals surface area contributed by atoms with Gasteiger partial charge in [0.25, 0.3) is 0 Å². The Morgan fingerprint density at radius 3 is 2.24 bits per heavy atom. The molecular weight excluding hydrogens is 234 g/mol. The fourth-order valence-corrected chi connectivity index (χ4v) is 3.67. The molecule has 17 heavy (non-hydrogen) atoms. The van der Waals surface area contributed by atoms with Crippen LogP contribution in [0.15, 0.2) is 0 Å². The molecule has 0 heterocycles. The van der Waals surface area contributed by atoms with E-state index in [0.717, 1.165) is 19.3 Å². The molecule has 0 radical (unpaired) electrons. The minimum Gasteiger partial charge on any atom is -0.396 e. The summed E-state index contributed by atoms with van der Waals surface area (Å²) in [5.74, 6) is 0. The van der Waals surface area contributed by atoms with Crippen molar-refractivity contribution in [3.05, 3.63) is 0 Å². The fourth-order valence-electron chi connectivity index (χ4n) is 2.64. The van der Waals surface area contributed by atoms with Crippen LogP contribution in [0.4, 0.5) is 0 Å². The second-order valence-electron chi connectivity index (χ2n) is 6.19. The molecule has 2 N–H and O–H groups in total. The summed E-state index contributed by atoms with van der Waals surface area (Å²) >= 11 is 0. The molecule has 2 unspecified atom stereocenters. The van der Waals surface area contributed by atoms with Gasteiger partial charge in [0.1, 0.15) is 0 Å². The fraction of sp³-hybridized carbons (Fsp3) is 1.00. The number of hydrogen-bond acceptors (Lipinski definition) is 2. The van der Waals surface area contributed by atoms with Gasteiger partial charge in [-0.1, -0.05) is 19.8 Å². The van der Waals surface area contributed by atoms with E-state index < -0.39 is 11.0 Å². The van der Waals surface area contributed by atoms with E-state index in [9.17, 15) is 9.32 Å². The van der Waals surface area contributed by atoms with Gasteiger partial charge in [0, 0.05) is 11.5 Å². The highest BCUT2D eigenvalue weighted by molar-refractivity contribution is 7.84. The van der Waals surface area contributed by atoms with Crippen molar-refractivity contribution in [1.29, 1.82) is 0 Å². The third-order valence-electron chi connectivity index (χ3n) is 3.87. The first kappa shape index (κ1) is 15.1. The summed E-state index contributed by atoms with van der Waals surface area (Å²) in [7, 11) is -1.05. The molecule has 1 aliphatic carbocycles. The van der Waals surface area contributed by atoms with Gasteiger partial charge < -0.3 is 5.11 Å². The van der Waals surface area contributed by atoms with Crippen molar-refractivity contribution in [2.75, 3.05) is 6.61 Å². The van der Waals surface area contributed by atoms with E-state index in [1.807, 2.05) is 20.8 Å². The van der Waals surface area contributed by atoms with Crippen LogP contribution in [0.3, 0.4) is 0 Å². The zero-order valence-corrected chi connectivity index (χ0v) is 12.4. The number of rotatable bonds is 5. The lowest BCUT2D eigenvalue weighted by Crippen LogP contribution is -2.49. The number of hydrogen-bond donors (Lipinski definition) is 2. The Hall–Kier alpha value is 0.0700. The Morgan fingerprint density at radius 1 is 1.35 bits per heavy atom. The van der Waals surface area contributed by atoms with Gasteiger partial charge in [0.15, 0.2) is 0 Å². The molecule has 0 amide bonds. The van der Waals surface area contributed by atoms with E-state index in [-0.39, 0.29) is 22.8 Å². The summed E-state index contributed by atoms with van der Waals surface area (Å²) in [4.78, 5) is 0. The van der Waals surface area contributed by atoms with Crippen LogP contribution >= 0.6 is 0 Å². The highest BCUT2D eigenvalue weighted by Crippen LogP contribution is 2.42. The van der Waals surface area contributed by atoms with Crippen molar-refractivity contribution in [3.8, 4) is 0 Å². The predicted octanol–water partition coefficient (Wildman–Crippen LogP) is 2.37. The summed E-state index contributed by atoms with van der Waals surface area (Å²) in [6, 6.07) is 0.162. The minimum absolute atomic E-state index is 0.0460. The van der Waals surface area contributed by atoms with Crippen LogP contribution in [-0.2, 0) is 11.0 Å². The topological polar surface area (TPSA) is 49.3 Å². The first-order chi connectivity index (χ1) is 7.85. The highest BCUT2D eigenvalue weighted by Gasteiger charge is 2.41. The molecule has 102 valence electrons. The predicted molar refractivity (Wildman–Crippen MR) is 73.1 cm³/mol. The maximum atomic E-state index is 12.2. The van der Waals surface area contributed by atoms with Crippen LogP contribution in [0.25, 0.3) is 0 Å². The van der Waals surface area contributed by atoms with Crippen LogP contribution in [0, 0.1) is 5.41 Å². The molecule has 0 aromatic carbocycles. The van der Waals surface area contributed by atoms with Gasteiger partial charge in [-0.2, -0.15) is 0 Å². The van der Waals surface area contributed by atoms with Crippen molar-refractivity contribution in [2.45, 2.75) is 70.6 Å². The standard InChI is InChI=1S/C13H27NO2S/c1-5-11(14-17(16)12(2,3)4)13(10-15)8-6-7-9-13/h11,14-15H,5-10H2,1-4H3. The molecule has 0 saturated heterocycles. The Labute approximate surface area is 108 Å². The summed E-state index contributed by atoms with van der Waals surface area (Å²) in [6.45, 7) is 8.24. The van der Waals surface area contributed by atoms with Crippen LogP contribution in [0.2, 0.25) is 0 Å². The third-order valence-corrected chi connectivity index (χ3v) is 5.48. The number of nitrogens with one attached hydrogen (secondary N) is 1. The molecule has 3 nitrogen and oxygen atoms in total. The Balaban J connectivity index is 2.74. The van der Waals surface area contributed by atoms with Crippen molar-refractivity contribution in [2.24, 2.45) is 5.41 Å². The van der Waals surface area contributed by atoms with E-state index in [0.29, 0.717) is 0 Å². The number of aliphatic hydroxyl groups is 1. The molecule has 0 aromatic heterocycles. The van der Waals surface area contributed by atoms with Crippen LogP contribution < -0.4 is 4.72 Å². The van der Waals surface area contributed by atoms with E-state index in [2.05, 4.69) is 11.6 Å². The average molecular weight is 261 g/mol. The Bertz CT molecular complexity index is 267. The van der Waals surface area contributed by atoms with Gasteiger partial charge in [0.05, 0.1) is 22.3 Å². The maximum absolute atomic E-state index is 12.2. The molecule has 4 heteroatoms. The quantitative estimate of drug-likeness (QED) is 0.798. The summed E-state index contributed by atoms with van der Waals surface area (Å²) in [5.41, 5.74) is -0.0460. The van der Waals surface area contributed by atoms with E-state index in [1.165, 1.54) is 12.8 Å². The molecule has 0 aromatic rings. The molecule has 1 aliphatic rings. The molecule has 0 bridgehead atoms. The van der Waals surface area contributed by atoms with Gasteiger partial charge in [-0.15, -0.1) is 0 Å². The maximum Gasteiger partial charge on any atom is 0.0972 e. The molecule has 1 fully saturated rings. The zero-order chi connectivity index (χ0) is 13.1. The average Bonchev–Trinajstić information content (AvgIpc) is 2.73. The van der Waals surface area contributed by atoms with Gasteiger partial charge in [-0.3, -0.25) is 0 Å². The monoisotopic (exact) mass is 261 g/mol. The largest absolute Gasteiger partial charge is 0.396 e. The van der Waals surface area contributed by atoms with Crippen LogP contribution in [0.5, 0.6) is 0 Å². The first-order valence-electron chi connectivity index (χ1n) is 6.64. The highest BCUT2D eigenvalue weighted by atomic mass is 32.2. The lowest BCUT2D eigenvalue weighted by molar-refractivity contribution is 0.0942. The molecule has 0 spiro atoms. The second kappa shape index (κ2) is 5.81. The molecular formula is C13H27NO2S. The molecule has 1 saturated carbocycles. The van der Waals surface area contributed by atoms with Gasteiger partial charge in [0.2, 0.25) is 0 Å². The van der Waals surface area contributed by atoms with Gasteiger partial charge in [-0.05, 0) is 40.0 Å². The summed E-state index contributed by atoms with van der Waals surface area (Å²) in [6.07, 6.45) is 5.39. The van der Waals surface area contributed by atoms with Crippen LogP contribution in [0.1, 0.15) is 59.8 Å². The SMILES string of the molecule is CCC(NS(=O)C(C)(C)C)C1(CO)CCCC1. The van der Waals surface area contributed by atoms with E-state index >= 15 is 0 Å². The lowest BCUT2D eigenvalue weighted by atomic mass is 9.78. The third kappa shape index (κ3) is 3.52. The molecule has 1 rings (SSSR count). The minimum atomic E-state index is -1.05. The zero-order valence-electron chi connectivity index (χ0n) is 11.6. The summed E-state index contributed by atoms with van der Waals surface area (Å²) < 4.78 is 15.2. The first-order valence-corrected chi connectivity index (χ1v) is 7.79. The molecule has 0 aliphatic heterocycles. The summed E-state index contributed by atoms with van der Waals surface area (Å²) in [5, 5.41) is 9.69. The second-order valence-corrected chi connectivity index (χ2v) is 8.19. The Morgan fingerprint density at radius 2 is 1.88 bits per heavy atom. The van der Waals surface area contributed by atoms with Crippen molar-refractivity contribution >= 4 is 11.0 Å². The lowest BCUT2D eigenvalue weighted by Gasteiger charge is -2.37. The normalized spacial score (nSPS) is 23.6. The van der Waals surface area contributed by atoms with Crippen molar-refractivity contribution < 1.29 is 9.32 Å². The van der Waals surface area contributed by atoms with E-state index in [1.54, 1.807) is 0 Å². The molecule has 2 atom stereocenters. The Kier molecular flexibility index (Phi) is 5.17. The van der Waals surface area contributed by atoms with Crippen molar-refractivity contribution in [3.63, 3.8) is 0 Å². The van der Waals surface area contributed by atoms with Crippen molar-refractivity contribution in [1.82, 2.24) is 4.72 Å². The van der Waals surface area contributed by atoms with E-state index in [4.69, 9.17) is 0 Å². The smallest absolute Gasteiger partial charge is 0.0972 e. The van der Waals surface area contributed by atoms with Crippen LogP contribution in [-0.4, -0.2) is 26.7 Å². The van der Waals surface area contributed by atoms with Gasteiger partial charge in [-0.25, -0.2) is 8.93 Å². The van der Waals surface area contributed by atoms with Gasteiger partial charge >= 0.3 is 0 Å².